The van der Waals surface area contributed by atoms with Crippen molar-refractivity contribution in [3.05, 3.63) is 29.8 Å². The summed E-state index contributed by atoms with van der Waals surface area (Å²) in [5.41, 5.74) is 7.86. The lowest BCUT2D eigenvalue weighted by molar-refractivity contribution is 0.639. The molecular formula is C11H18N6. The Morgan fingerprint density at radius 3 is 2.76 bits per heavy atom. The van der Waals surface area contributed by atoms with E-state index in [0.717, 1.165) is 24.2 Å². The lowest BCUT2D eigenvalue weighted by atomic mass is 10.2. The van der Waals surface area contributed by atoms with Crippen molar-refractivity contribution in [2.75, 3.05) is 0 Å². The predicted octanol–water partition coefficient (Wildman–Crippen LogP) is 0.953. The molecule has 2 rings (SSSR count). The molecule has 1 atom stereocenters. The summed E-state index contributed by atoms with van der Waals surface area (Å²) in [6, 6.07) is -0.0258. The average molecular weight is 234 g/mol. The second kappa shape index (κ2) is 5.09. The van der Waals surface area contributed by atoms with Gasteiger partial charge in [0.25, 0.3) is 0 Å². The maximum atomic E-state index is 5.89. The van der Waals surface area contributed by atoms with Gasteiger partial charge in [0.1, 0.15) is 0 Å². The molecule has 6 nitrogen and oxygen atoms in total. The van der Waals surface area contributed by atoms with Crippen LogP contribution in [0.1, 0.15) is 37.6 Å². The van der Waals surface area contributed by atoms with E-state index in [4.69, 9.17) is 5.73 Å². The van der Waals surface area contributed by atoms with E-state index >= 15 is 0 Å². The lowest BCUT2D eigenvalue weighted by Gasteiger charge is -2.01. The fourth-order valence-corrected chi connectivity index (χ4v) is 1.62. The number of nitrogens with zero attached hydrogens (tertiary/aromatic N) is 5. The highest BCUT2D eigenvalue weighted by Gasteiger charge is 2.08. The molecule has 0 aliphatic carbocycles. The largest absolute Gasteiger partial charge is 0.323 e. The maximum absolute atomic E-state index is 5.89. The molecule has 0 spiro atoms. The number of nitrogens with two attached hydrogens (primary N) is 1. The van der Waals surface area contributed by atoms with Crippen LogP contribution in [0.4, 0.5) is 0 Å². The van der Waals surface area contributed by atoms with Crippen molar-refractivity contribution in [3.8, 4) is 0 Å². The Labute approximate surface area is 100 Å². The van der Waals surface area contributed by atoms with Gasteiger partial charge in [-0.2, -0.15) is 5.10 Å². The van der Waals surface area contributed by atoms with Crippen LogP contribution in [-0.2, 0) is 13.1 Å². The first kappa shape index (κ1) is 11.8. The summed E-state index contributed by atoms with van der Waals surface area (Å²) in [6.07, 6.45) is 6.63. The quantitative estimate of drug-likeness (QED) is 0.836. The van der Waals surface area contributed by atoms with Crippen LogP contribution >= 0.6 is 0 Å². The Hall–Kier alpha value is -1.69. The van der Waals surface area contributed by atoms with Gasteiger partial charge in [-0.25, -0.2) is 4.68 Å². The molecule has 0 aliphatic rings. The van der Waals surface area contributed by atoms with E-state index < -0.39 is 0 Å². The summed E-state index contributed by atoms with van der Waals surface area (Å²) in [6.45, 7) is 5.66. The molecule has 0 radical (unpaired) electrons. The molecule has 0 bridgehead atoms. The van der Waals surface area contributed by atoms with Gasteiger partial charge in [-0.05, 0) is 13.3 Å². The third kappa shape index (κ3) is 2.71. The van der Waals surface area contributed by atoms with Crippen molar-refractivity contribution in [1.29, 1.82) is 0 Å². The van der Waals surface area contributed by atoms with Crippen LogP contribution in [0.5, 0.6) is 0 Å². The van der Waals surface area contributed by atoms with Gasteiger partial charge < -0.3 is 5.73 Å². The monoisotopic (exact) mass is 234 g/mol. The first-order valence-corrected chi connectivity index (χ1v) is 5.89. The van der Waals surface area contributed by atoms with E-state index in [1.165, 1.54) is 0 Å². The van der Waals surface area contributed by atoms with Crippen LogP contribution in [0.3, 0.4) is 0 Å². The van der Waals surface area contributed by atoms with Crippen molar-refractivity contribution < 1.29 is 0 Å². The standard InChI is InChI=1S/C11H18N6/c1-3-10(12)11-8-17(15-14-11)7-9-5-13-16(4-2)6-9/h5-6,8,10H,3-4,7,12H2,1-2H3. The summed E-state index contributed by atoms with van der Waals surface area (Å²) in [5.74, 6) is 0. The normalized spacial score (nSPS) is 12.9. The molecule has 0 saturated heterocycles. The number of aromatic nitrogens is 5. The summed E-state index contributed by atoms with van der Waals surface area (Å²) >= 11 is 0. The molecule has 0 amide bonds. The van der Waals surface area contributed by atoms with Gasteiger partial charge in [0.05, 0.1) is 30.7 Å². The zero-order chi connectivity index (χ0) is 12.3. The van der Waals surface area contributed by atoms with Crippen molar-refractivity contribution in [1.82, 2.24) is 24.8 Å². The molecule has 2 aromatic heterocycles. The minimum atomic E-state index is -0.0258. The van der Waals surface area contributed by atoms with E-state index in [2.05, 4.69) is 22.3 Å². The highest BCUT2D eigenvalue weighted by Crippen LogP contribution is 2.10. The SMILES string of the molecule is CCC(N)c1cn(Cc2cnn(CC)c2)nn1. The van der Waals surface area contributed by atoms with Crippen LogP contribution in [0, 0.1) is 0 Å². The van der Waals surface area contributed by atoms with E-state index in [-0.39, 0.29) is 6.04 Å². The Bertz CT molecular complexity index is 472. The molecule has 17 heavy (non-hydrogen) atoms. The number of aryl methyl sites for hydroxylation is 1. The van der Waals surface area contributed by atoms with E-state index in [9.17, 15) is 0 Å². The van der Waals surface area contributed by atoms with Crippen LogP contribution in [0.15, 0.2) is 18.6 Å². The first-order valence-electron chi connectivity index (χ1n) is 5.89. The zero-order valence-corrected chi connectivity index (χ0v) is 10.2. The third-order valence-corrected chi connectivity index (χ3v) is 2.73. The molecule has 2 heterocycles. The Morgan fingerprint density at radius 2 is 2.12 bits per heavy atom. The van der Waals surface area contributed by atoms with Gasteiger partial charge in [-0.3, -0.25) is 4.68 Å². The zero-order valence-electron chi connectivity index (χ0n) is 10.2. The topological polar surface area (TPSA) is 74.6 Å². The van der Waals surface area contributed by atoms with Gasteiger partial charge >= 0.3 is 0 Å². The number of hydrogen-bond acceptors (Lipinski definition) is 4. The highest BCUT2D eigenvalue weighted by atomic mass is 15.4. The van der Waals surface area contributed by atoms with E-state index in [1.54, 1.807) is 4.68 Å². The molecule has 0 aliphatic heterocycles. The molecule has 0 fully saturated rings. The minimum absolute atomic E-state index is 0.0258. The summed E-state index contributed by atoms with van der Waals surface area (Å²) < 4.78 is 3.69. The van der Waals surface area contributed by atoms with E-state index in [1.807, 2.05) is 30.2 Å². The maximum Gasteiger partial charge on any atom is 0.0994 e. The first-order chi connectivity index (χ1) is 8.22. The number of hydrogen-bond donors (Lipinski definition) is 1. The van der Waals surface area contributed by atoms with Crippen LogP contribution in [0.2, 0.25) is 0 Å². The van der Waals surface area contributed by atoms with E-state index in [0.29, 0.717) is 6.54 Å². The third-order valence-electron chi connectivity index (χ3n) is 2.73. The van der Waals surface area contributed by atoms with Crippen molar-refractivity contribution in [2.24, 2.45) is 5.73 Å². The van der Waals surface area contributed by atoms with Gasteiger partial charge in [0.15, 0.2) is 0 Å². The minimum Gasteiger partial charge on any atom is -0.323 e. The van der Waals surface area contributed by atoms with Gasteiger partial charge in [-0.1, -0.05) is 12.1 Å². The lowest BCUT2D eigenvalue weighted by Crippen LogP contribution is -2.08. The Balaban J connectivity index is 2.06. The summed E-state index contributed by atoms with van der Waals surface area (Å²) in [5, 5.41) is 12.4. The fraction of sp³-hybridized carbons (Fsp3) is 0.545. The van der Waals surface area contributed by atoms with Crippen LogP contribution in [-0.4, -0.2) is 24.8 Å². The molecule has 0 saturated carbocycles. The predicted molar refractivity (Wildman–Crippen MR) is 64.2 cm³/mol. The van der Waals surface area contributed by atoms with Crippen molar-refractivity contribution >= 4 is 0 Å². The Kier molecular flexibility index (Phi) is 3.53. The van der Waals surface area contributed by atoms with Crippen LogP contribution < -0.4 is 5.73 Å². The molecule has 2 aromatic rings. The average Bonchev–Trinajstić information content (AvgIpc) is 2.97. The smallest absolute Gasteiger partial charge is 0.0994 e. The van der Waals surface area contributed by atoms with Crippen molar-refractivity contribution in [2.45, 2.75) is 39.4 Å². The summed E-state index contributed by atoms with van der Waals surface area (Å²) in [4.78, 5) is 0. The van der Waals surface area contributed by atoms with Gasteiger partial charge in [0, 0.05) is 18.3 Å². The number of rotatable bonds is 5. The second-order valence-electron chi connectivity index (χ2n) is 4.06. The second-order valence-corrected chi connectivity index (χ2v) is 4.06. The molecule has 0 aromatic carbocycles. The molecule has 1 unspecified atom stereocenters. The van der Waals surface area contributed by atoms with Gasteiger partial charge in [0.2, 0.25) is 0 Å². The Morgan fingerprint density at radius 1 is 1.29 bits per heavy atom. The van der Waals surface area contributed by atoms with Gasteiger partial charge in [-0.15, -0.1) is 5.10 Å². The molecule has 92 valence electrons. The van der Waals surface area contributed by atoms with Crippen LogP contribution in [0.25, 0.3) is 0 Å². The highest BCUT2D eigenvalue weighted by molar-refractivity contribution is 5.06. The summed E-state index contributed by atoms with van der Waals surface area (Å²) in [7, 11) is 0. The molecule has 6 heteroatoms. The fourth-order valence-electron chi connectivity index (χ4n) is 1.62. The van der Waals surface area contributed by atoms with Crippen molar-refractivity contribution in [3.63, 3.8) is 0 Å². The molecule has 2 N–H and O–H groups in total. The molecular weight excluding hydrogens is 216 g/mol.